The third-order valence-corrected chi connectivity index (χ3v) is 4.70. The molecule has 0 spiro atoms. The number of benzene rings is 1. The van der Waals surface area contributed by atoms with Crippen LogP contribution < -0.4 is 14.8 Å². The van der Waals surface area contributed by atoms with Gasteiger partial charge in [-0.3, -0.25) is 4.79 Å². The summed E-state index contributed by atoms with van der Waals surface area (Å²) in [6.45, 7) is 3.78. The Bertz CT molecular complexity index is 731. The first-order valence-corrected chi connectivity index (χ1v) is 8.78. The van der Waals surface area contributed by atoms with E-state index in [-0.39, 0.29) is 18.1 Å². The van der Waals surface area contributed by atoms with Gasteiger partial charge in [-0.15, -0.1) is 0 Å². The van der Waals surface area contributed by atoms with Crippen molar-refractivity contribution in [3.63, 3.8) is 0 Å². The van der Waals surface area contributed by atoms with Gasteiger partial charge in [0, 0.05) is 5.56 Å². The van der Waals surface area contributed by atoms with Gasteiger partial charge in [0.25, 0.3) is 5.91 Å². The first kappa shape index (κ1) is 17.4. The van der Waals surface area contributed by atoms with Crippen molar-refractivity contribution in [1.29, 1.82) is 0 Å². The van der Waals surface area contributed by atoms with E-state index in [1.807, 2.05) is 32.0 Å². The van der Waals surface area contributed by atoms with Crippen LogP contribution in [0, 0.1) is 6.92 Å². The van der Waals surface area contributed by atoms with Gasteiger partial charge in [0.1, 0.15) is 0 Å². The molecule has 1 aromatic carbocycles. The number of hydrogen-bond acceptors (Lipinski definition) is 4. The number of rotatable bonds is 6. The number of hydrogen-bond donors (Lipinski definition) is 1. The molecule has 1 aliphatic rings. The average Bonchev–Trinajstić information content (AvgIpc) is 3.26. The molecule has 1 N–H and O–H groups in total. The summed E-state index contributed by atoms with van der Waals surface area (Å²) in [6.07, 6.45) is 6.44. The van der Waals surface area contributed by atoms with Crippen molar-refractivity contribution in [3.8, 4) is 11.5 Å². The quantitative estimate of drug-likeness (QED) is 0.844. The fourth-order valence-electron chi connectivity index (χ4n) is 3.19. The zero-order chi connectivity index (χ0) is 17.8. The summed E-state index contributed by atoms with van der Waals surface area (Å²) in [5.41, 5.74) is 1.77. The Morgan fingerprint density at radius 1 is 1.24 bits per heavy atom. The topological polar surface area (TPSA) is 60.7 Å². The van der Waals surface area contributed by atoms with Gasteiger partial charge in [0.05, 0.1) is 25.5 Å². The molecule has 1 amide bonds. The standard InChI is InChI=1S/C20H25NO4/c1-13-10-11-24-19(13)20(22)21-14(2)15-8-9-17(18(12-15)23-3)25-16-6-4-5-7-16/h8-12,14,16H,4-7H2,1-3H3,(H,21,22). The van der Waals surface area contributed by atoms with Crippen LogP contribution in [-0.4, -0.2) is 19.1 Å². The van der Waals surface area contributed by atoms with Gasteiger partial charge in [0.15, 0.2) is 17.3 Å². The van der Waals surface area contributed by atoms with E-state index in [1.165, 1.54) is 19.1 Å². The van der Waals surface area contributed by atoms with Gasteiger partial charge < -0.3 is 19.2 Å². The van der Waals surface area contributed by atoms with Crippen LogP contribution in [-0.2, 0) is 0 Å². The molecule has 1 aromatic heterocycles. The van der Waals surface area contributed by atoms with Crippen LogP contribution in [0.25, 0.3) is 0 Å². The maximum atomic E-state index is 12.3. The zero-order valence-electron chi connectivity index (χ0n) is 15.0. The number of furan rings is 1. The predicted octanol–water partition coefficient (Wildman–Crippen LogP) is 4.41. The smallest absolute Gasteiger partial charge is 0.287 e. The molecule has 0 bridgehead atoms. The Morgan fingerprint density at radius 2 is 2.00 bits per heavy atom. The highest BCUT2D eigenvalue weighted by molar-refractivity contribution is 5.93. The van der Waals surface area contributed by atoms with Crippen LogP contribution in [0.5, 0.6) is 11.5 Å². The maximum absolute atomic E-state index is 12.3. The van der Waals surface area contributed by atoms with Crippen LogP contribution in [0.4, 0.5) is 0 Å². The zero-order valence-corrected chi connectivity index (χ0v) is 15.0. The maximum Gasteiger partial charge on any atom is 0.287 e. The lowest BCUT2D eigenvalue weighted by Gasteiger charge is -2.19. The van der Waals surface area contributed by atoms with E-state index in [9.17, 15) is 4.79 Å². The summed E-state index contributed by atoms with van der Waals surface area (Å²) in [5, 5.41) is 2.95. The van der Waals surface area contributed by atoms with Crippen molar-refractivity contribution in [2.24, 2.45) is 0 Å². The molecular weight excluding hydrogens is 318 g/mol. The van der Waals surface area contributed by atoms with Crippen LogP contribution in [0.15, 0.2) is 34.9 Å². The van der Waals surface area contributed by atoms with E-state index in [0.717, 1.165) is 29.7 Å². The third kappa shape index (κ3) is 3.98. The summed E-state index contributed by atoms with van der Waals surface area (Å²) in [5.74, 6) is 1.58. The number of methoxy groups -OCH3 is 1. The molecule has 5 nitrogen and oxygen atoms in total. The minimum absolute atomic E-state index is 0.175. The van der Waals surface area contributed by atoms with Gasteiger partial charge in [-0.2, -0.15) is 0 Å². The third-order valence-electron chi connectivity index (χ3n) is 4.70. The first-order valence-electron chi connectivity index (χ1n) is 8.78. The predicted molar refractivity (Wildman–Crippen MR) is 95.2 cm³/mol. The molecule has 2 aromatic rings. The molecule has 3 rings (SSSR count). The Hall–Kier alpha value is -2.43. The van der Waals surface area contributed by atoms with E-state index in [2.05, 4.69) is 5.32 Å². The minimum atomic E-state index is -0.222. The molecule has 0 saturated heterocycles. The highest BCUT2D eigenvalue weighted by atomic mass is 16.5. The molecule has 134 valence electrons. The lowest BCUT2D eigenvalue weighted by atomic mass is 10.1. The summed E-state index contributed by atoms with van der Waals surface area (Å²) in [4.78, 5) is 12.3. The molecule has 1 heterocycles. The molecular formula is C20H25NO4. The Kier molecular flexibility index (Phi) is 5.31. The van der Waals surface area contributed by atoms with Crippen molar-refractivity contribution >= 4 is 5.91 Å². The second-order valence-electron chi connectivity index (χ2n) is 6.56. The number of nitrogens with one attached hydrogen (secondary N) is 1. The Balaban J connectivity index is 1.70. The monoisotopic (exact) mass is 343 g/mol. The molecule has 1 atom stereocenters. The second kappa shape index (κ2) is 7.64. The number of aryl methyl sites for hydroxylation is 1. The summed E-state index contributed by atoms with van der Waals surface area (Å²) in [7, 11) is 1.63. The SMILES string of the molecule is COc1cc(C(C)NC(=O)c2occc2C)ccc1OC1CCCC1. The van der Waals surface area contributed by atoms with Crippen molar-refractivity contribution in [3.05, 3.63) is 47.4 Å². The highest BCUT2D eigenvalue weighted by Gasteiger charge is 2.20. The lowest BCUT2D eigenvalue weighted by Crippen LogP contribution is -2.26. The fourth-order valence-corrected chi connectivity index (χ4v) is 3.19. The Labute approximate surface area is 148 Å². The molecule has 25 heavy (non-hydrogen) atoms. The molecule has 5 heteroatoms. The van der Waals surface area contributed by atoms with Crippen molar-refractivity contribution < 1.29 is 18.7 Å². The van der Waals surface area contributed by atoms with Gasteiger partial charge >= 0.3 is 0 Å². The normalized spacial score (nSPS) is 15.8. The minimum Gasteiger partial charge on any atom is -0.493 e. The van der Waals surface area contributed by atoms with Crippen molar-refractivity contribution in [2.75, 3.05) is 7.11 Å². The van der Waals surface area contributed by atoms with E-state index < -0.39 is 0 Å². The van der Waals surface area contributed by atoms with Gasteiger partial charge in [-0.25, -0.2) is 0 Å². The van der Waals surface area contributed by atoms with Crippen LogP contribution >= 0.6 is 0 Å². The average molecular weight is 343 g/mol. The number of amides is 1. The number of ether oxygens (including phenoxy) is 2. The molecule has 1 saturated carbocycles. The van der Waals surface area contributed by atoms with E-state index in [0.29, 0.717) is 11.5 Å². The fraction of sp³-hybridized carbons (Fsp3) is 0.450. The van der Waals surface area contributed by atoms with E-state index >= 15 is 0 Å². The van der Waals surface area contributed by atoms with Crippen LogP contribution in [0.3, 0.4) is 0 Å². The molecule has 0 radical (unpaired) electrons. The van der Waals surface area contributed by atoms with Gasteiger partial charge in [-0.1, -0.05) is 6.07 Å². The van der Waals surface area contributed by atoms with Crippen molar-refractivity contribution in [2.45, 2.75) is 51.7 Å². The van der Waals surface area contributed by atoms with Gasteiger partial charge in [0.2, 0.25) is 0 Å². The van der Waals surface area contributed by atoms with Crippen molar-refractivity contribution in [1.82, 2.24) is 5.32 Å². The summed E-state index contributed by atoms with van der Waals surface area (Å²) in [6, 6.07) is 7.41. The summed E-state index contributed by atoms with van der Waals surface area (Å²) < 4.78 is 16.8. The first-order chi connectivity index (χ1) is 12.1. The van der Waals surface area contributed by atoms with E-state index in [4.69, 9.17) is 13.9 Å². The molecule has 1 fully saturated rings. The molecule has 1 aliphatic carbocycles. The molecule has 0 aliphatic heterocycles. The largest absolute Gasteiger partial charge is 0.493 e. The molecule has 1 unspecified atom stereocenters. The second-order valence-corrected chi connectivity index (χ2v) is 6.56. The highest BCUT2D eigenvalue weighted by Crippen LogP contribution is 2.33. The number of carbonyl (C=O) groups excluding carboxylic acids is 1. The lowest BCUT2D eigenvalue weighted by molar-refractivity contribution is 0.0911. The summed E-state index contributed by atoms with van der Waals surface area (Å²) >= 11 is 0. The van der Waals surface area contributed by atoms with E-state index in [1.54, 1.807) is 13.2 Å². The van der Waals surface area contributed by atoms with Gasteiger partial charge in [-0.05, 0) is 63.3 Å². The van der Waals surface area contributed by atoms with Crippen LogP contribution in [0.2, 0.25) is 0 Å². The number of carbonyl (C=O) groups is 1. The van der Waals surface area contributed by atoms with Crippen LogP contribution in [0.1, 0.15) is 60.3 Å². The Morgan fingerprint density at radius 3 is 2.64 bits per heavy atom.